The van der Waals surface area contributed by atoms with Crippen LogP contribution in [0.4, 0.5) is 5.69 Å². The zero-order chi connectivity index (χ0) is 15.5. The monoisotopic (exact) mass is 309 g/mol. The van der Waals surface area contributed by atoms with Gasteiger partial charge in [-0.2, -0.15) is 0 Å². The third-order valence-electron chi connectivity index (χ3n) is 2.97. The molecule has 0 unspecified atom stereocenters. The number of phenols is 2. The normalized spacial score (nSPS) is 11.3. The molecule has 0 aliphatic carbocycles. The van der Waals surface area contributed by atoms with Gasteiger partial charge in [0.25, 0.3) is 0 Å². The fraction of sp³-hybridized carbons (Fsp3) is 0.143. The highest BCUT2D eigenvalue weighted by Crippen LogP contribution is 2.37. The number of anilines is 1. The molecule has 0 aliphatic heterocycles. The first-order valence-corrected chi connectivity index (χ1v) is 7.88. The molecule has 2 rings (SSSR count). The van der Waals surface area contributed by atoms with E-state index >= 15 is 0 Å². The Morgan fingerprint density at radius 1 is 0.905 bits per heavy atom. The van der Waals surface area contributed by atoms with Crippen LogP contribution in [-0.4, -0.2) is 20.0 Å². The fourth-order valence-electron chi connectivity index (χ4n) is 1.99. The van der Waals surface area contributed by atoms with Crippen LogP contribution in [0.15, 0.2) is 42.5 Å². The third-order valence-corrected chi connectivity index (χ3v) is 3.51. The van der Waals surface area contributed by atoms with Gasteiger partial charge in [-0.25, -0.2) is 4.57 Å². The Bertz CT molecular complexity index is 666. The van der Waals surface area contributed by atoms with Crippen molar-refractivity contribution in [2.75, 3.05) is 5.09 Å². The summed E-state index contributed by atoms with van der Waals surface area (Å²) in [7, 11) is -4.40. The highest BCUT2D eigenvalue weighted by molar-refractivity contribution is 7.53. The first-order chi connectivity index (χ1) is 9.83. The molecule has 2 aromatic carbocycles. The van der Waals surface area contributed by atoms with Crippen LogP contribution >= 0.6 is 7.75 Å². The van der Waals surface area contributed by atoms with Crippen molar-refractivity contribution in [1.29, 1.82) is 0 Å². The van der Waals surface area contributed by atoms with Crippen LogP contribution in [0.3, 0.4) is 0 Å². The minimum Gasteiger partial charge on any atom is -0.508 e. The lowest BCUT2D eigenvalue weighted by Gasteiger charge is -2.13. The second-order valence-corrected chi connectivity index (χ2v) is 5.98. The standard InChI is InChI=1S/C14H16NO5P/c16-12-5-2-10(3-6-12)1-4-11-9-13(17)7-8-14(11)15-21(18,19)20/h2-3,5-9,16-17H,1,4H2,(H3,15,18,19,20). The second kappa shape index (κ2) is 6.18. The molecule has 0 aromatic heterocycles. The molecule has 0 fully saturated rings. The van der Waals surface area contributed by atoms with Gasteiger partial charge in [-0.1, -0.05) is 12.1 Å². The lowest BCUT2D eigenvalue weighted by atomic mass is 10.0. The van der Waals surface area contributed by atoms with Gasteiger partial charge in [0, 0.05) is 5.69 Å². The van der Waals surface area contributed by atoms with E-state index < -0.39 is 7.75 Å². The number of phenolic OH excluding ortho intramolecular Hbond substituents is 2. The summed E-state index contributed by atoms with van der Waals surface area (Å²) in [4.78, 5) is 18.0. The van der Waals surface area contributed by atoms with Crippen LogP contribution in [0.25, 0.3) is 0 Å². The Morgan fingerprint density at radius 2 is 1.52 bits per heavy atom. The molecular weight excluding hydrogens is 293 g/mol. The van der Waals surface area contributed by atoms with Crippen molar-refractivity contribution in [1.82, 2.24) is 0 Å². The van der Waals surface area contributed by atoms with Crippen molar-refractivity contribution in [2.45, 2.75) is 12.8 Å². The zero-order valence-corrected chi connectivity index (χ0v) is 12.0. The topological polar surface area (TPSA) is 110 Å². The van der Waals surface area contributed by atoms with Crippen LogP contribution in [-0.2, 0) is 17.4 Å². The largest absolute Gasteiger partial charge is 0.508 e. The Balaban J connectivity index is 2.16. The smallest absolute Gasteiger partial charge is 0.427 e. The number of aryl methyl sites for hydroxylation is 2. The van der Waals surface area contributed by atoms with E-state index in [1.54, 1.807) is 24.3 Å². The van der Waals surface area contributed by atoms with Crippen molar-refractivity contribution in [3.63, 3.8) is 0 Å². The average molecular weight is 309 g/mol. The van der Waals surface area contributed by atoms with Gasteiger partial charge in [0.15, 0.2) is 0 Å². The summed E-state index contributed by atoms with van der Waals surface area (Å²) in [6, 6.07) is 11.0. The number of rotatable bonds is 5. The van der Waals surface area contributed by atoms with E-state index in [1.807, 2.05) is 0 Å². The predicted molar refractivity (Wildman–Crippen MR) is 79.3 cm³/mol. The Labute approximate surface area is 121 Å². The summed E-state index contributed by atoms with van der Waals surface area (Å²) < 4.78 is 11.0. The number of benzene rings is 2. The van der Waals surface area contributed by atoms with E-state index in [0.29, 0.717) is 24.1 Å². The first kappa shape index (κ1) is 15.4. The molecule has 0 spiro atoms. The lowest BCUT2D eigenvalue weighted by Crippen LogP contribution is -2.00. The second-order valence-electron chi connectivity index (χ2n) is 4.66. The van der Waals surface area contributed by atoms with Crippen LogP contribution in [0.2, 0.25) is 0 Å². The molecule has 0 heterocycles. The minimum absolute atomic E-state index is 0.0342. The molecule has 112 valence electrons. The van der Waals surface area contributed by atoms with Crippen LogP contribution in [0.5, 0.6) is 11.5 Å². The van der Waals surface area contributed by atoms with Gasteiger partial charge in [-0.05, 0) is 54.3 Å². The zero-order valence-electron chi connectivity index (χ0n) is 11.1. The molecule has 0 atom stereocenters. The van der Waals surface area contributed by atoms with E-state index in [4.69, 9.17) is 9.79 Å². The Hall–Kier alpha value is -2.01. The summed E-state index contributed by atoms with van der Waals surface area (Å²) >= 11 is 0. The predicted octanol–water partition coefficient (Wildman–Crippen LogP) is 2.39. The Morgan fingerprint density at radius 3 is 2.14 bits per heavy atom. The molecule has 7 heteroatoms. The summed E-state index contributed by atoms with van der Waals surface area (Å²) in [5, 5.41) is 20.9. The molecule has 0 radical (unpaired) electrons. The maximum absolute atomic E-state index is 11.0. The molecule has 0 aliphatic rings. The highest BCUT2D eigenvalue weighted by atomic mass is 31.2. The molecule has 0 saturated heterocycles. The van der Waals surface area contributed by atoms with E-state index in [9.17, 15) is 14.8 Å². The van der Waals surface area contributed by atoms with Gasteiger partial charge in [-0.3, -0.25) is 5.09 Å². The van der Waals surface area contributed by atoms with Crippen molar-refractivity contribution in [2.24, 2.45) is 0 Å². The van der Waals surface area contributed by atoms with E-state index in [1.165, 1.54) is 18.2 Å². The molecule has 0 bridgehead atoms. The van der Waals surface area contributed by atoms with Gasteiger partial charge in [0.2, 0.25) is 0 Å². The minimum atomic E-state index is -4.40. The maximum Gasteiger partial charge on any atom is 0.427 e. The lowest BCUT2D eigenvalue weighted by molar-refractivity contribution is 0.380. The number of nitrogens with one attached hydrogen (secondary N) is 1. The van der Waals surface area contributed by atoms with Crippen molar-refractivity contribution in [3.05, 3.63) is 53.6 Å². The highest BCUT2D eigenvalue weighted by Gasteiger charge is 2.15. The van der Waals surface area contributed by atoms with Gasteiger partial charge in [0.1, 0.15) is 11.5 Å². The quantitative estimate of drug-likeness (QED) is 0.428. The average Bonchev–Trinajstić information content (AvgIpc) is 2.39. The molecule has 6 nitrogen and oxygen atoms in total. The molecule has 2 aromatic rings. The van der Waals surface area contributed by atoms with E-state index in [0.717, 1.165) is 5.56 Å². The summed E-state index contributed by atoms with van der Waals surface area (Å²) in [5.41, 5.74) is 1.87. The number of aromatic hydroxyl groups is 2. The van der Waals surface area contributed by atoms with E-state index in [-0.39, 0.29) is 11.5 Å². The first-order valence-electron chi connectivity index (χ1n) is 6.27. The number of hydrogen-bond acceptors (Lipinski definition) is 3. The molecule has 5 N–H and O–H groups in total. The van der Waals surface area contributed by atoms with Crippen molar-refractivity contribution < 1.29 is 24.6 Å². The maximum atomic E-state index is 11.0. The summed E-state index contributed by atoms with van der Waals surface area (Å²) in [6.45, 7) is 0. The van der Waals surface area contributed by atoms with Crippen LogP contribution < -0.4 is 5.09 Å². The Kier molecular flexibility index (Phi) is 4.53. The number of hydrogen-bond donors (Lipinski definition) is 5. The molecule has 0 amide bonds. The molecular formula is C14H16NO5P. The van der Waals surface area contributed by atoms with Gasteiger partial charge >= 0.3 is 7.75 Å². The van der Waals surface area contributed by atoms with Gasteiger partial charge in [0.05, 0.1) is 0 Å². The molecule has 21 heavy (non-hydrogen) atoms. The van der Waals surface area contributed by atoms with Gasteiger partial charge < -0.3 is 20.0 Å². The van der Waals surface area contributed by atoms with Crippen molar-refractivity contribution >= 4 is 13.4 Å². The van der Waals surface area contributed by atoms with Crippen LogP contribution in [0, 0.1) is 0 Å². The SMILES string of the molecule is O=P(O)(O)Nc1ccc(O)cc1CCc1ccc(O)cc1. The fourth-order valence-corrected chi connectivity index (χ4v) is 2.53. The van der Waals surface area contributed by atoms with Gasteiger partial charge in [-0.15, -0.1) is 0 Å². The summed E-state index contributed by atoms with van der Waals surface area (Å²) in [6.07, 6.45) is 1.10. The van der Waals surface area contributed by atoms with Crippen molar-refractivity contribution in [3.8, 4) is 11.5 Å². The third kappa shape index (κ3) is 4.79. The summed E-state index contributed by atoms with van der Waals surface area (Å²) in [5.74, 6) is 0.215. The molecule has 0 saturated carbocycles. The van der Waals surface area contributed by atoms with Crippen LogP contribution in [0.1, 0.15) is 11.1 Å². The van der Waals surface area contributed by atoms with E-state index in [2.05, 4.69) is 5.09 Å².